The van der Waals surface area contributed by atoms with Gasteiger partial charge in [0.2, 0.25) is 5.91 Å². The second-order valence-electron chi connectivity index (χ2n) is 3.68. The molecule has 0 bridgehead atoms. The topological polar surface area (TPSA) is 102 Å². The van der Waals surface area contributed by atoms with Crippen molar-refractivity contribution in [3.05, 3.63) is 0 Å². The smallest absolute Gasteiger partial charge is 0.328 e. The molecule has 0 saturated carbocycles. The molecule has 0 radical (unpaired) electrons. The number of methoxy groups -OCH3 is 1. The van der Waals surface area contributed by atoms with Gasteiger partial charge in [0.25, 0.3) is 0 Å². The molecular weight excluding hydrogens is 212 g/mol. The first-order chi connectivity index (χ1) is 7.41. The maximum Gasteiger partial charge on any atom is 0.328 e. The average Bonchev–Trinajstić information content (AvgIpc) is 2.26. The van der Waals surface area contributed by atoms with Crippen LogP contribution < -0.4 is 11.1 Å². The number of nitrogens with two attached hydrogens (primary N) is 1. The number of aliphatic carboxylic acids is 1. The molecule has 16 heavy (non-hydrogen) atoms. The van der Waals surface area contributed by atoms with Gasteiger partial charge in [0.1, 0.15) is 0 Å². The van der Waals surface area contributed by atoms with E-state index in [1.54, 1.807) is 13.8 Å². The van der Waals surface area contributed by atoms with Gasteiger partial charge in [-0.3, -0.25) is 4.79 Å². The highest BCUT2D eigenvalue weighted by atomic mass is 16.5. The number of hydrogen-bond donors (Lipinski definition) is 3. The van der Waals surface area contributed by atoms with Gasteiger partial charge in [-0.15, -0.1) is 0 Å². The van der Waals surface area contributed by atoms with E-state index in [-0.39, 0.29) is 6.61 Å². The van der Waals surface area contributed by atoms with Crippen LogP contribution in [0.1, 0.15) is 26.7 Å². The molecule has 0 aromatic carbocycles. The third-order valence-corrected chi connectivity index (χ3v) is 2.65. The Morgan fingerprint density at radius 3 is 2.25 bits per heavy atom. The first kappa shape index (κ1) is 14.9. The zero-order chi connectivity index (χ0) is 12.8. The Hall–Kier alpha value is -1.14. The molecule has 0 aliphatic carbocycles. The van der Waals surface area contributed by atoms with E-state index < -0.39 is 23.5 Å². The van der Waals surface area contributed by atoms with Crippen LogP contribution in [0, 0.1) is 0 Å². The Labute approximate surface area is 95.1 Å². The van der Waals surface area contributed by atoms with E-state index in [0.29, 0.717) is 12.8 Å². The van der Waals surface area contributed by atoms with Crippen molar-refractivity contribution in [3.8, 4) is 0 Å². The molecule has 1 unspecified atom stereocenters. The first-order valence-electron chi connectivity index (χ1n) is 5.22. The summed E-state index contributed by atoms with van der Waals surface area (Å²) < 4.78 is 4.71. The Kier molecular flexibility index (Phi) is 5.98. The lowest BCUT2D eigenvalue weighted by Gasteiger charge is -2.27. The van der Waals surface area contributed by atoms with Crippen LogP contribution in [-0.2, 0) is 14.3 Å². The summed E-state index contributed by atoms with van der Waals surface area (Å²) in [5.41, 5.74) is 4.83. The van der Waals surface area contributed by atoms with Crippen molar-refractivity contribution in [2.45, 2.75) is 38.3 Å². The van der Waals surface area contributed by atoms with Crippen LogP contribution in [0.25, 0.3) is 0 Å². The lowest BCUT2D eigenvalue weighted by atomic mass is 9.93. The van der Waals surface area contributed by atoms with Crippen molar-refractivity contribution in [2.75, 3.05) is 13.7 Å². The first-order valence-corrected chi connectivity index (χ1v) is 5.22. The van der Waals surface area contributed by atoms with Crippen molar-refractivity contribution in [1.82, 2.24) is 5.32 Å². The number of carbonyl (C=O) groups is 2. The SMILES string of the molecule is CCC(N)(CC)C(=O)NC(COC)C(=O)O. The molecule has 6 heteroatoms. The van der Waals surface area contributed by atoms with Crippen LogP contribution in [-0.4, -0.2) is 42.3 Å². The van der Waals surface area contributed by atoms with E-state index in [9.17, 15) is 9.59 Å². The van der Waals surface area contributed by atoms with Crippen LogP contribution in [0.2, 0.25) is 0 Å². The molecule has 0 fully saturated rings. The summed E-state index contributed by atoms with van der Waals surface area (Å²) in [5.74, 6) is -1.59. The van der Waals surface area contributed by atoms with Crippen LogP contribution in [0.15, 0.2) is 0 Å². The van der Waals surface area contributed by atoms with E-state index in [1.807, 2.05) is 0 Å². The van der Waals surface area contributed by atoms with Crippen LogP contribution >= 0.6 is 0 Å². The third-order valence-electron chi connectivity index (χ3n) is 2.65. The predicted molar refractivity (Wildman–Crippen MR) is 58.9 cm³/mol. The highest BCUT2D eigenvalue weighted by Gasteiger charge is 2.32. The number of carbonyl (C=O) groups excluding carboxylic acids is 1. The molecule has 94 valence electrons. The molecule has 0 spiro atoms. The zero-order valence-corrected chi connectivity index (χ0v) is 9.95. The summed E-state index contributed by atoms with van der Waals surface area (Å²) in [5, 5.41) is 11.2. The van der Waals surface area contributed by atoms with Crippen molar-refractivity contribution < 1.29 is 19.4 Å². The fourth-order valence-corrected chi connectivity index (χ4v) is 1.21. The Morgan fingerprint density at radius 1 is 1.44 bits per heavy atom. The Morgan fingerprint density at radius 2 is 1.94 bits per heavy atom. The molecule has 0 aromatic rings. The Bertz CT molecular complexity index is 251. The maximum absolute atomic E-state index is 11.8. The molecule has 4 N–H and O–H groups in total. The minimum absolute atomic E-state index is 0.0788. The van der Waals surface area contributed by atoms with Gasteiger partial charge in [0, 0.05) is 7.11 Å². The summed E-state index contributed by atoms with van der Waals surface area (Å²) in [7, 11) is 1.37. The highest BCUT2D eigenvalue weighted by molar-refractivity contribution is 5.89. The molecule has 0 aliphatic heterocycles. The largest absolute Gasteiger partial charge is 0.480 e. The van der Waals surface area contributed by atoms with Crippen LogP contribution in [0.4, 0.5) is 0 Å². The van der Waals surface area contributed by atoms with Crippen LogP contribution in [0.3, 0.4) is 0 Å². The molecule has 0 aromatic heterocycles. The van der Waals surface area contributed by atoms with E-state index >= 15 is 0 Å². The number of ether oxygens (including phenoxy) is 1. The van der Waals surface area contributed by atoms with Crippen molar-refractivity contribution in [3.63, 3.8) is 0 Å². The summed E-state index contributed by atoms with van der Waals surface area (Å²) in [6, 6.07) is -1.06. The molecule has 0 aliphatic rings. The highest BCUT2D eigenvalue weighted by Crippen LogP contribution is 2.11. The standard InChI is InChI=1S/C10H20N2O4/c1-4-10(11,5-2)9(15)12-7(6-16-3)8(13)14/h7H,4-6,11H2,1-3H3,(H,12,15)(H,13,14). The van der Waals surface area contributed by atoms with E-state index in [4.69, 9.17) is 15.6 Å². The lowest BCUT2D eigenvalue weighted by molar-refractivity contribution is -0.144. The van der Waals surface area contributed by atoms with Gasteiger partial charge in [-0.05, 0) is 12.8 Å². The average molecular weight is 232 g/mol. The lowest BCUT2D eigenvalue weighted by Crippen LogP contribution is -2.57. The normalized spacial score (nSPS) is 13.2. The number of rotatable bonds is 7. The monoisotopic (exact) mass is 232 g/mol. The third kappa shape index (κ3) is 3.79. The summed E-state index contributed by atoms with van der Waals surface area (Å²) >= 11 is 0. The van der Waals surface area contributed by atoms with Gasteiger partial charge < -0.3 is 20.9 Å². The van der Waals surface area contributed by atoms with E-state index in [2.05, 4.69) is 5.32 Å². The molecule has 0 saturated heterocycles. The van der Waals surface area contributed by atoms with Crippen molar-refractivity contribution in [2.24, 2.45) is 5.73 Å². The summed E-state index contributed by atoms with van der Waals surface area (Å²) in [4.78, 5) is 22.6. The van der Waals surface area contributed by atoms with Gasteiger partial charge in [-0.1, -0.05) is 13.8 Å². The maximum atomic E-state index is 11.8. The minimum atomic E-state index is -1.13. The van der Waals surface area contributed by atoms with E-state index in [1.165, 1.54) is 7.11 Å². The summed E-state index contributed by atoms with van der Waals surface area (Å²) in [6.45, 7) is 3.49. The molecule has 1 amide bonds. The second-order valence-corrected chi connectivity index (χ2v) is 3.68. The zero-order valence-electron chi connectivity index (χ0n) is 9.95. The number of hydrogen-bond acceptors (Lipinski definition) is 4. The van der Waals surface area contributed by atoms with Gasteiger partial charge in [-0.25, -0.2) is 4.79 Å². The van der Waals surface area contributed by atoms with Gasteiger partial charge in [0.05, 0.1) is 12.1 Å². The fraction of sp³-hybridized carbons (Fsp3) is 0.800. The molecule has 0 rings (SSSR count). The number of amides is 1. The quantitative estimate of drug-likeness (QED) is 0.560. The minimum Gasteiger partial charge on any atom is -0.480 e. The second kappa shape index (κ2) is 6.44. The number of carboxylic acid groups (broad SMARTS) is 1. The summed E-state index contributed by atoms with van der Waals surface area (Å²) in [6.07, 6.45) is 0.906. The number of carboxylic acids is 1. The van der Waals surface area contributed by atoms with Gasteiger partial charge in [0.15, 0.2) is 6.04 Å². The van der Waals surface area contributed by atoms with Crippen molar-refractivity contribution >= 4 is 11.9 Å². The predicted octanol–water partition coefficient (Wildman–Crippen LogP) is -0.280. The molecular formula is C10H20N2O4. The van der Waals surface area contributed by atoms with Crippen molar-refractivity contribution in [1.29, 1.82) is 0 Å². The molecule has 1 atom stereocenters. The van der Waals surface area contributed by atoms with Gasteiger partial charge >= 0.3 is 5.97 Å². The van der Waals surface area contributed by atoms with Crippen LogP contribution in [0.5, 0.6) is 0 Å². The number of nitrogens with one attached hydrogen (secondary N) is 1. The van der Waals surface area contributed by atoms with Gasteiger partial charge in [-0.2, -0.15) is 0 Å². The fourth-order valence-electron chi connectivity index (χ4n) is 1.21. The van der Waals surface area contributed by atoms with E-state index in [0.717, 1.165) is 0 Å². The Balaban J connectivity index is 4.56. The molecule has 6 nitrogen and oxygen atoms in total. The molecule has 0 heterocycles.